The predicted molar refractivity (Wildman–Crippen MR) is 64.9 cm³/mol. The number of allylic oxidation sites excluding steroid dienone is 1. The van der Waals surface area contributed by atoms with Crippen LogP contribution in [0.25, 0.3) is 0 Å². The first-order valence-corrected chi connectivity index (χ1v) is 7.97. The quantitative estimate of drug-likeness (QED) is 0.317. The summed E-state index contributed by atoms with van der Waals surface area (Å²) < 4.78 is 59.2. The van der Waals surface area contributed by atoms with Gasteiger partial charge in [-0.3, -0.25) is 0 Å². The zero-order chi connectivity index (χ0) is 13.5. The van der Waals surface area contributed by atoms with Gasteiger partial charge in [-0.25, -0.2) is 0 Å². The Morgan fingerprint density at radius 3 is 1.71 bits per heavy atom. The fourth-order valence-corrected chi connectivity index (χ4v) is 1.97. The zero-order valence-electron chi connectivity index (χ0n) is 10.1. The average molecular weight is 280 g/mol. The van der Waals surface area contributed by atoms with Crippen molar-refractivity contribution in [3.05, 3.63) is 11.5 Å². The molecule has 0 aromatic heterocycles. The van der Waals surface area contributed by atoms with Crippen LogP contribution in [0.1, 0.15) is 58.3 Å². The summed E-state index contributed by atoms with van der Waals surface area (Å²) in [5.74, 6) is 0. The minimum Gasteiger partial charge on any atom is -0.0942 e. The van der Waals surface area contributed by atoms with Gasteiger partial charge in [0.1, 0.15) is 0 Å². The molecule has 0 saturated carbocycles. The number of hydrogen-bond donors (Lipinski definition) is 0. The minimum absolute atomic E-state index is 0.0688. The van der Waals surface area contributed by atoms with Crippen molar-refractivity contribution in [1.29, 1.82) is 0 Å². The number of unbranched alkanes of at least 4 members (excludes halogenated alkanes) is 7. The van der Waals surface area contributed by atoms with Crippen molar-refractivity contribution in [2.24, 2.45) is 0 Å². The maximum Gasteiger partial charge on any atom is 0.304 e. The van der Waals surface area contributed by atoms with Crippen molar-refractivity contribution in [1.82, 2.24) is 0 Å². The minimum atomic E-state index is -9.31. The summed E-state index contributed by atoms with van der Waals surface area (Å²) in [5.41, 5.74) is 0. The van der Waals surface area contributed by atoms with Gasteiger partial charge in [0.15, 0.2) is 0 Å². The van der Waals surface area contributed by atoms with Crippen LogP contribution in [0.2, 0.25) is 0 Å². The van der Waals surface area contributed by atoms with Gasteiger partial charge in [0.2, 0.25) is 0 Å². The molecule has 0 bridgehead atoms. The Bertz CT molecular complexity index is 240. The summed E-state index contributed by atoms with van der Waals surface area (Å²) >= 11 is 0. The number of halogens is 5. The third-order valence-electron chi connectivity index (χ3n) is 2.33. The van der Waals surface area contributed by atoms with E-state index in [1.165, 1.54) is 6.42 Å². The summed E-state index contributed by atoms with van der Waals surface area (Å²) in [6.45, 7) is 2.10. The second-order valence-corrected chi connectivity index (χ2v) is 6.64. The van der Waals surface area contributed by atoms with E-state index in [4.69, 9.17) is 0 Å². The van der Waals surface area contributed by atoms with E-state index in [0.717, 1.165) is 32.1 Å². The first-order valence-electron chi connectivity index (χ1n) is 5.96. The molecule has 6 heteroatoms. The van der Waals surface area contributed by atoms with Crippen molar-refractivity contribution in [3.8, 4) is 0 Å². The van der Waals surface area contributed by atoms with Crippen molar-refractivity contribution >= 4 is 10.2 Å². The summed E-state index contributed by atoms with van der Waals surface area (Å²) in [5, 5.41) is -0.836. The van der Waals surface area contributed by atoms with Gasteiger partial charge in [-0.05, 0) is 12.8 Å². The lowest BCUT2D eigenvalue weighted by Gasteiger charge is -2.36. The second kappa shape index (κ2) is 5.59. The van der Waals surface area contributed by atoms with Gasteiger partial charge in [0, 0.05) is 0 Å². The third-order valence-corrected chi connectivity index (χ3v) is 3.03. The van der Waals surface area contributed by atoms with Crippen molar-refractivity contribution < 1.29 is 19.4 Å². The SMILES string of the molecule is CCCCCCCCC/C=C/S(F)(F)(F)(F)F. The lowest BCUT2D eigenvalue weighted by atomic mass is 10.1. The van der Waals surface area contributed by atoms with Gasteiger partial charge in [0.25, 0.3) is 0 Å². The molecule has 0 radical (unpaired) electrons. The van der Waals surface area contributed by atoms with E-state index in [2.05, 4.69) is 6.92 Å². The van der Waals surface area contributed by atoms with E-state index in [9.17, 15) is 19.4 Å². The van der Waals surface area contributed by atoms with Gasteiger partial charge in [0.05, 0.1) is 5.41 Å². The molecule has 0 nitrogen and oxygen atoms in total. The molecule has 0 aliphatic heterocycles. The normalized spacial score (nSPS) is 17.1. The Kier molecular flexibility index (Phi) is 5.50. The lowest BCUT2D eigenvalue weighted by Crippen LogP contribution is -1.98. The van der Waals surface area contributed by atoms with Crippen LogP contribution in [0, 0.1) is 0 Å². The maximum atomic E-state index is 11.8. The van der Waals surface area contributed by atoms with E-state index in [1.54, 1.807) is 0 Å². The summed E-state index contributed by atoms with van der Waals surface area (Å²) in [7, 11) is -9.31. The fourth-order valence-electron chi connectivity index (χ4n) is 1.47. The molecule has 106 valence electrons. The highest BCUT2D eigenvalue weighted by Gasteiger charge is 2.60. The van der Waals surface area contributed by atoms with Gasteiger partial charge in [-0.2, -0.15) is 0 Å². The van der Waals surface area contributed by atoms with E-state index in [1.807, 2.05) is 0 Å². The topological polar surface area (TPSA) is 0 Å². The second-order valence-electron chi connectivity index (χ2n) is 4.31. The van der Waals surface area contributed by atoms with E-state index < -0.39 is 15.6 Å². The molecule has 17 heavy (non-hydrogen) atoms. The smallest absolute Gasteiger partial charge is 0.0942 e. The highest BCUT2D eigenvalue weighted by molar-refractivity contribution is 8.48. The van der Waals surface area contributed by atoms with Crippen LogP contribution in [0.15, 0.2) is 11.5 Å². The van der Waals surface area contributed by atoms with E-state index in [-0.39, 0.29) is 6.42 Å². The maximum absolute atomic E-state index is 11.8. The molecule has 0 amide bonds. The number of rotatable bonds is 9. The fraction of sp³-hybridized carbons (Fsp3) is 0.818. The Balaban J connectivity index is 3.57. The molecule has 0 fully saturated rings. The molecular weight excluding hydrogens is 259 g/mol. The van der Waals surface area contributed by atoms with Crippen LogP contribution < -0.4 is 0 Å². The molecule has 0 rings (SSSR count). The molecule has 0 N–H and O–H groups in total. The molecule has 0 unspecified atom stereocenters. The van der Waals surface area contributed by atoms with Crippen molar-refractivity contribution in [2.45, 2.75) is 58.3 Å². The lowest BCUT2D eigenvalue weighted by molar-refractivity contribution is 0.384. The highest BCUT2D eigenvalue weighted by Crippen LogP contribution is 2.98. The largest absolute Gasteiger partial charge is 0.304 e. The van der Waals surface area contributed by atoms with Gasteiger partial charge in [-0.15, -0.1) is 0 Å². The third kappa shape index (κ3) is 15.7. The van der Waals surface area contributed by atoms with E-state index in [0.29, 0.717) is 12.5 Å². The summed E-state index contributed by atoms with van der Waals surface area (Å²) in [4.78, 5) is 0. The molecule has 0 aromatic rings. The van der Waals surface area contributed by atoms with Gasteiger partial charge >= 0.3 is 10.2 Å². The molecule has 0 heterocycles. The molecule has 0 aliphatic carbocycles. The Morgan fingerprint density at radius 1 is 0.765 bits per heavy atom. The zero-order valence-corrected chi connectivity index (χ0v) is 10.9. The number of hydrogen-bond acceptors (Lipinski definition) is 0. The Labute approximate surface area is 100.0 Å². The van der Waals surface area contributed by atoms with Crippen molar-refractivity contribution in [2.75, 3.05) is 0 Å². The van der Waals surface area contributed by atoms with Crippen LogP contribution in [0.4, 0.5) is 19.4 Å². The molecule has 0 atom stereocenters. The van der Waals surface area contributed by atoms with Crippen LogP contribution in [-0.4, -0.2) is 0 Å². The molecular formula is C11H21F5S. The van der Waals surface area contributed by atoms with Crippen LogP contribution in [0.3, 0.4) is 0 Å². The van der Waals surface area contributed by atoms with Crippen LogP contribution >= 0.6 is 10.2 Å². The van der Waals surface area contributed by atoms with Crippen LogP contribution in [-0.2, 0) is 0 Å². The van der Waals surface area contributed by atoms with Gasteiger partial charge in [-0.1, -0.05) is 71.0 Å². The molecule has 0 spiro atoms. The summed E-state index contributed by atoms with van der Waals surface area (Å²) in [6.07, 6.45) is 7.44. The monoisotopic (exact) mass is 280 g/mol. The summed E-state index contributed by atoms with van der Waals surface area (Å²) in [6, 6.07) is 0. The standard InChI is InChI=1S/C11H21F5S/c1-2-3-4-5-6-7-8-9-10-11-17(12,13,14,15)16/h10-11H,2-9H2,1H3/b11-10+. The highest BCUT2D eigenvalue weighted by atomic mass is 32.5. The Morgan fingerprint density at radius 2 is 1.24 bits per heavy atom. The van der Waals surface area contributed by atoms with Crippen LogP contribution in [0.5, 0.6) is 0 Å². The first kappa shape index (κ1) is 16.7. The predicted octanol–water partition coefficient (Wildman–Crippen LogP) is 6.94. The average Bonchev–Trinajstić information content (AvgIpc) is 2.11. The van der Waals surface area contributed by atoms with E-state index >= 15 is 0 Å². The van der Waals surface area contributed by atoms with Gasteiger partial charge < -0.3 is 0 Å². The van der Waals surface area contributed by atoms with Crippen molar-refractivity contribution in [3.63, 3.8) is 0 Å². The molecule has 0 aromatic carbocycles. The Hall–Kier alpha value is -0.260. The molecule has 0 saturated heterocycles. The molecule has 0 aliphatic rings. The first-order chi connectivity index (χ1) is 7.54.